The van der Waals surface area contributed by atoms with Gasteiger partial charge in [-0.2, -0.15) is 13.2 Å². The molecule has 196 valence electrons. The van der Waals surface area contributed by atoms with E-state index in [0.29, 0.717) is 23.6 Å². The van der Waals surface area contributed by atoms with Crippen molar-refractivity contribution in [1.29, 1.82) is 0 Å². The highest BCUT2D eigenvalue weighted by atomic mass is 19.4. The lowest BCUT2D eigenvalue weighted by molar-refractivity contribution is -0.192. The summed E-state index contributed by atoms with van der Waals surface area (Å²) in [5, 5.41) is 10.9. The van der Waals surface area contributed by atoms with Crippen LogP contribution in [0.15, 0.2) is 48.5 Å². The molecule has 3 aliphatic carbocycles. The van der Waals surface area contributed by atoms with E-state index >= 15 is 0 Å². The molecule has 0 aromatic heterocycles. The number of hydrogen-bond acceptors (Lipinski definition) is 4. The molecule has 0 spiro atoms. The standard InChI is InChI=1S/C25H32N2O2.C2HF3O2/c1-16-22-14-20(25(22,2)3)15-23(16)27-11-12-29-21-9-7-17(8-10-21)18-5-4-6-19(13-18)24(26)28;3-2(4,5)1(6)7/h4-10,13,16,20,22-23,27H,11-12,14-15H2,1-3H3,(H2,26,28);(H,6,7)/t16-,20+,22-,23-;/m0./s1. The summed E-state index contributed by atoms with van der Waals surface area (Å²) in [6, 6.07) is 16.0. The smallest absolute Gasteiger partial charge is 0.490 e. The van der Waals surface area contributed by atoms with Gasteiger partial charge in [0.15, 0.2) is 0 Å². The van der Waals surface area contributed by atoms with Crippen LogP contribution >= 0.6 is 0 Å². The molecule has 2 aromatic rings. The summed E-state index contributed by atoms with van der Waals surface area (Å²) < 4.78 is 37.7. The number of rotatable bonds is 7. The average Bonchev–Trinajstić information content (AvgIpc) is 2.82. The van der Waals surface area contributed by atoms with Crippen LogP contribution in [0, 0.1) is 23.2 Å². The fourth-order valence-corrected chi connectivity index (χ4v) is 5.43. The minimum atomic E-state index is -5.08. The minimum Gasteiger partial charge on any atom is -0.492 e. The Balaban J connectivity index is 0.000000454. The number of nitrogens with two attached hydrogens (primary N) is 1. The Morgan fingerprint density at radius 1 is 1.11 bits per heavy atom. The normalized spacial score (nSPS) is 24.1. The van der Waals surface area contributed by atoms with Crippen LogP contribution in [0.1, 0.15) is 44.0 Å². The van der Waals surface area contributed by atoms with Crippen molar-refractivity contribution >= 4 is 11.9 Å². The van der Waals surface area contributed by atoms with Gasteiger partial charge in [-0.25, -0.2) is 4.79 Å². The maximum atomic E-state index is 11.4. The van der Waals surface area contributed by atoms with Gasteiger partial charge in [-0.3, -0.25) is 4.79 Å². The van der Waals surface area contributed by atoms with Crippen LogP contribution in [-0.4, -0.2) is 42.4 Å². The fraction of sp³-hybridized carbons (Fsp3) is 0.481. The third kappa shape index (κ3) is 6.37. The molecular weight excluding hydrogens is 473 g/mol. The Bertz CT molecular complexity index is 1070. The fourth-order valence-electron chi connectivity index (χ4n) is 5.43. The molecule has 2 bridgehead atoms. The highest BCUT2D eigenvalue weighted by molar-refractivity contribution is 5.94. The van der Waals surface area contributed by atoms with E-state index in [2.05, 4.69) is 26.1 Å². The predicted octanol–water partition coefficient (Wildman–Crippen LogP) is 5.12. The number of aliphatic carboxylic acids is 1. The molecule has 1 amide bonds. The number of halogens is 3. The summed E-state index contributed by atoms with van der Waals surface area (Å²) in [6.07, 6.45) is -2.37. The van der Waals surface area contributed by atoms with E-state index < -0.39 is 18.1 Å². The number of carboxylic acids is 1. The molecule has 0 saturated heterocycles. The molecular formula is C27H33F3N2O4. The lowest BCUT2D eigenvalue weighted by Gasteiger charge is -2.62. The monoisotopic (exact) mass is 506 g/mol. The van der Waals surface area contributed by atoms with Gasteiger partial charge in [0.05, 0.1) is 0 Å². The zero-order chi connectivity index (χ0) is 26.7. The minimum absolute atomic E-state index is 0.410. The number of hydrogen-bond donors (Lipinski definition) is 3. The van der Waals surface area contributed by atoms with Crippen molar-refractivity contribution in [2.24, 2.45) is 28.9 Å². The number of fused-ring (bicyclic) bond motifs is 2. The number of benzene rings is 2. The van der Waals surface area contributed by atoms with E-state index in [9.17, 15) is 18.0 Å². The van der Waals surface area contributed by atoms with Crippen LogP contribution in [0.5, 0.6) is 5.75 Å². The van der Waals surface area contributed by atoms with Gasteiger partial charge in [0.25, 0.3) is 0 Å². The van der Waals surface area contributed by atoms with E-state index in [1.54, 1.807) is 6.07 Å². The van der Waals surface area contributed by atoms with Crippen LogP contribution in [0.25, 0.3) is 11.1 Å². The Labute approximate surface area is 209 Å². The number of carbonyl (C=O) groups excluding carboxylic acids is 1. The maximum absolute atomic E-state index is 11.4. The van der Waals surface area contributed by atoms with Crippen LogP contribution in [0.4, 0.5) is 13.2 Å². The van der Waals surface area contributed by atoms with Crippen molar-refractivity contribution in [2.75, 3.05) is 13.2 Å². The number of ether oxygens (including phenoxy) is 1. The summed E-state index contributed by atoms with van der Waals surface area (Å²) in [5.41, 5.74) is 8.44. The zero-order valence-corrected chi connectivity index (χ0v) is 20.6. The van der Waals surface area contributed by atoms with Crippen LogP contribution in [-0.2, 0) is 4.79 Å². The summed E-state index contributed by atoms with van der Waals surface area (Å²) in [5.74, 6) is 0.177. The zero-order valence-electron chi connectivity index (χ0n) is 20.6. The Hall–Kier alpha value is -3.07. The predicted molar refractivity (Wildman–Crippen MR) is 131 cm³/mol. The number of amides is 1. The molecule has 5 rings (SSSR count). The third-order valence-electron chi connectivity index (χ3n) is 7.71. The molecule has 0 unspecified atom stereocenters. The molecule has 3 saturated carbocycles. The second-order valence-electron chi connectivity index (χ2n) is 10.1. The van der Waals surface area contributed by atoms with Gasteiger partial charge < -0.3 is 20.9 Å². The van der Waals surface area contributed by atoms with E-state index in [4.69, 9.17) is 20.4 Å². The first-order chi connectivity index (χ1) is 16.8. The largest absolute Gasteiger partial charge is 0.492 e. The maximum Gasteiger partial charge on any atom is 0.490 e. The van der Waals surface area contributed by atoms with Crippen molar-refractivity contribution in [2.45, 2.75) is 45.8 Å². The highest BCUT2D eigenvalue weighted by Crippen LogP contribution is 2.61. The number of primary amides is 1. The van der Waals surface area contributed by atoms with E-state index in [1.165, 1.54) is 12.8 Å². The molecule has 2 aromatic carbocycles. The summed E-state index contributed by atoms with van der Waals surface area (Å²) in [7, 11) is 0. The number of carbonyl (C=O) groups is 2. The molecule has 3 aliphatic rings. The average molecular weight is 507 g/mol. The summed E-state index contributed by atoms with van der Waals surface area (Å²) in [6.45, 7) is 8.83. The highest BCUT2D eigenvalue weighted by Gasteiger charge is 2.55. The molecule has 0 radical (unpaired) electrons. The Morgan fingerprint density at radius 2 is 1.75 bits per heavy atom. The van der Waals surface area contributed by atoms with Crippen LogP contribution in [0.3, 0.4) is 0 Å². The van der Waals surface area contributed by atoms with Crippen molar-refractivity contribution in [3.05, 3.63) is 54.1 Å². The molecule has 0 aliphatic heterocycles. The first-order valence-electron chi connectivity index (χ1n) is 12.0. The van der Waals surface area contributed by atoms with Crippen molar-refractivity contribution in [1.82, 2.24) is 5.32 Å². The molecule has 4 N–H and O–H groups in total. The summed E-state index contributed by atoms with van der Waals surface area (Å²) >= 11 is 0. The van der Waals surface area contributed by atoms with E-state index in [-0.39, 0.29) is 0 Å². The van der Waals surface area contributed by atoms with E-state index in [0.717, 1.165) is 41.2 Å². The van der Waals surface area contributed by atoms with Crippen molar-refractivity contribution in [3.8, 4) is 16.9 Å². The molecule has 4 atom stereocenters. The van der Waals surface area contributed by atoms with Gasteiger partial charge in [-0.1, -0.05) is 45.0 Å². The van der Waals surface area contributed by atoms with E-state index in [1.807, 2.05) is 42.5 Å². The number of carboxylic acid groups (broad SMARTS) is 1. The first-order valence-corrected chi connectivity index (χ1v) is 12.0. The molecule has 9 heteroatoms. The van der Waals surface area contributed by atoms with Crippen molar-refractivity contribution in [3.63, 3.8) is 0 Å². The lowest BCUT2D eigenvalue weighted by Crippen LogP contribution is -2.60. The second kappa shape index (κ2) is 10.9. The number of alkyl halides is 3. The Kier molecular flexibility index (Phi) is 8.33. The van der Waals surface area contributed by atoms with Crippen molar-refractivity contribution < 1.29 is 32.6 Å². The van der Waals surface area contributed by atoms with Crippen LogP contribution < -0.4 is 15.8 Å². The molecule has 3 fully saturated rings. The third-order valence-corrected chi connectivity index (χ3v) is 7.71. The van der Waals surface area contributed by atoms with Crippen LogP contribution in [0.2, 0.25) is 0 Å². The van der Waals surface area contributed by atoms with Gasteiger partial charge in [0.2, 0.25) is 5.91 Å². The molecule has 0 heterocycles. The summed E-state index contributed by atoms with van der Waals surface area (Å²) in [4.78, 5) is 20.3. The number of nitrogens with one attached hydrogen (secondary N) is 1. The van der Waals surface area contributed by atoms with Gasteiger partial charge in [-0.15, -0.1) is 0 Å². The van der Waals surface area contributed by atoms with Gasteiger partial charge in [0.1, 0.15) is 12.4 Å². The first kappa shape index (κ1) is 27.5. The lowest BCUT2D eigenvalue weighted by atomic mass is 9.45. The molecule has 36 heavy (non-hydrogen) atoms. The molecule has 6 nitrogen and oxygen atoms in total. The second-order valence-corrected chi connectivity index (χ2v) is 10.1. The Morgan fingerprint density at radius 3 is 2.28 bits per heavy atom. The van der Waals surface area contributed by atoms with Gasteiger partial charge in [-0.05, 0) is 71.4 Å². The topological polar surface area (TPSA) is 102 Å². The quantitative estimate of drug-likeness (QED) is 0.452. The van der Waals surface area contributed by atoms with Gasteiger partial charge in [0, 0.05) is 18.2 Å². The SMILES string of the molecule is C[C@@H]1[C@@H](NCCOc2ccc(-c3cccc(C(N)=O)c3)cc2)C[C@H]2C[C@@H]1C2(C)C.O=C(O)C(F)(F)F. The van der Waals surface area contributed by atoms with Gasteiger partial charge >= 0.3 is 12.1 Å².